The van der Waals surface area contributed by atoms with Gasteiger partial charge in [-0.05, 0) is 43.2 Å². The van der Waals surface area contributed by atoms with Crippen molar-refractivity contribution in [1.29, 1.82) is 0 Å². The average Bonchev–Trinajstić information content (AvgIpc) is 3.37. The lowest BCUT2D eigenvalue weighted by molar-refractivity contribution is 0.0682. The minimum Gasteiger partial charge on any atom is -0.497 e. The van der Waals surface area contributed by atoms with Gasteiger partial charge in [-0.15, -0.1) is 0 Å². The zero-order chi connectivity index (χ0) is 20.8. The number of carbonyl (C=O) groups excluding carboxylic acids is 1. The Morgan fingerprint density at radius 2 is 2.00 bits per heavy atom. The highest BCUT2D eigenvalue weighted by Gasteiger charge is 2.36. The smallest absolute Gasteiger partial charge is 0.273 e. The summed E-state index contributed by atoms with van der Waals surface area (Å²) in [6.07, 6.45) is 4.35. The van der Waals surface area contributed by atoms with Crippen LogP contribution in [0.3, 0.4) is 0 Å². The van der Waals surface area contributed by atoms with E-state index in [1.165, 1.54) is 0 Å². The van der Waals surface area contributed by atoms with Crippen LogP contribution >= 0.6 is 0 Å². The quantitative estimate of drug-likeness (QED) is 0.570. The van der Waals surface area contributed by atoms with Gasteiger partial charge in [0, 0.05) is 24.9 Å². The summed E-state index contributed by atoms with van der Waals surface area (Å²) < 4.78 is 7.21. The van der Waals surface area contributed by atoms with E-state index in [4.69, 9.17) is 4.74 Å². The molecule has 0 aliphatic carbocycles. The Balaban J connectivity index is 1.63. The van der Waals surface area contributed by atoms with Crippen molar-refractivity contribution in [2.75, 3.05) is 13.7 Å². The number of methoxy groups -OCH3 is 1. The predicted octanol–water partition coefficient (Wildman–Crippen LogP) is 3.47. The molecule has 30 heavy (non-hydrogen) atoms. The molecule has 0 radical (unpaired) electrons. The van der Waals surface area contributed by atoms with Crippen LogP contribution in [-0.2, 0) is 6.42 Å². The Hall–Kier alpha value is -3.61. The highest BCUT2D eigenvalue weighted by molar-refractivity contribution is 5.95. The summed E-state index contributed by atoms with van der Waals surface area (Å²) >= 11 is 0. The molecule has 0 saturated heterocycles. The number of nitrogens with zero attached hydrogens (tertiary/aromatic N) is 4. The summed E-state index contributed by atoms with van der Waals surface area (Å²) in [6.45, 7) is 4.50. The molecule has 1 amide bonds. The summed E-state index contributed by atoms with van der Waals surface area (Å²) in [4.78, 5) is 28.2. The molecule has 1 aliphatic heterocycles. The molecule has 1 N–H and O–H groups in total. The molecule has 3 aromatic heterocycles. The summed E-state index contributed by atoms with van der Waals surface area (Å²) in [6, 6.07) is 11.5. The SMILES string of the molecule is COc1ccc([C@@H]2c3nc[nH]c3CCN2C(=O)c2c(C)nc3c(C)cccn23)cc1. The van der Waals surface area contributed by atoms with Crippen LogP contribution in [-0.4, -0.2) is 43.8 Å². The Labute approximate surface area is 174 Å². The molecule has 7 heteroatoms. The third-order valence-corrected chi connectivity index (χ3v) is 5.84. The maximum atomic E-state index is 13.8. The summed E-state index contributed by atoms with van der Waals surface area (Å²) in [7, 11) is 1.65. The highest BCUT2D eigenvalue weighted by atomic mass is 16.5. The van der Waals surface area contributed by atoms with Gasteiger partial charge in [0.05, 0.1) is 24.8 Å². The number of H-pyrrole nitrogens is 1. The van der Waals surface area contributed by atoms with Gasteiger partial charge in [-0.3, -0.25) is 9.20 Å². The minimum absolute atomic E-state index is 0.0416. The third kappa shape index (κ3) is 2.77. The van der Waals surface area contributed by atoms with Crippen LogP contribution < -0.4 is 4.74 Å². The molecule has 1 atom stereocenters. The van der Waals surface area contributed by atoms with Crippen LogP contribution in [0.5, 0.6) is 5.75 Å². The van der Waals surface area contributed by atoms with Gasteiger partial charge in [-0.2, -0.15) is 0 Å². The van der Waals surface area contributed by atoms with Crippen molar-refractivity contribution in [3.8, 4) is 5.75 Å². The molecular weight excluding hydrogens is 378 g/mol. The van der Waals surface area contributed by atoms with E-state index in [2.05, 4.69) is 15.0 Å². The number of amides is 1. The van der Waals surface area contributed by atoms with Gasteiger partial charge >= 0.3 is 0 Å². The van der Waals surface area contributed by atoms with Gasteiger partial charge in [0.25, 0.3) is 5.91 Å². The lowest BCUT2D eigenvalue weighted by Crippen LogP contribution is -2.41. The van der Waals surface area contributed by atoms with Gasteiger partial charge < -0.3 is 14.6 Å². The van der Waals surface area contributed by atoms with Gasteiger partial charge in [0.1, 0.15) is 23.1 Å². The van der Waals surface area contributed by atoms with Crippen molar-refractivity contribution >= 4 is 11.6 Å². The van der Waals surface area contributed by atoms with E-state index in [1.54, 1.807) is 13.4 Å². The van der Waals surface area contributed by atoms with Crippen LogP contribution in [0.25, 0.3) is 5.65 Å². The fraction of sp³-hybridized carbons (Fsp3) is 0.261. The number of ether oxygens (including phenoxy) is 1. The van der Waals surface area contributed by atoms with Crippen LogP contribution in [0.1, 0.15) is 44.7 Å². The number of imidazole rings is 2. The van der Waals surface area contributed by atoms with Crippen molar-refractivity contribution < 1.29 is 9.53 Å². The maximum absolute atomic E-state index is 13.8. The standard InChI is InChI=1S/C23H23N5O2/c1-14-5-4-11-27-20(15(2)26-22(14)27)23(29)28-12-10-18-19(25-13-24-18)21(28)16-6-8-17(30-3)9-7-16/h4-9,11,13,21H,10,12H2,1-3H3,(H,24,25)/t21-/m1/s1. The average molecular weight is 401 g/mol. The summed E-state index contributed by atoms with van der Waals surface area (Å²) in [5.41, 5.74) is 6.16. The summed E-state index contributed by atoms with van der Waals surface area (Å²) in [5.74, 6) is 0.739. The lowest BCUT2D eigenvalue weighted by Gasteiger charge is -2.35. The second-order valence-corrected chi connectivity index (χ2v) is 7.62. The third-order valence-electron chi connectivity index (χ3n) is 5.84. The molecular formula is C23H23N5O2. The monoisotopic (exact) mass is 401 g/mol. The van der Waals surface area contributed by atoms with Crippen molar-refractivity contribution in [3.05, 3.63) is 82.8 Å². The number of hydrogen-bond donors (Lipinski definition) is 1. The van der Waals surface area contributed by atoms with Crippen molar-refractivity contribution in [2.45, 2.75) is 26.3 Å². The minimum atomic E-state index is -0.270. The number of fused-ring (bicyclic) bond motifs is 2. The number of carbonyl (C=O) groups is 1. The number of aromatic amines is 1. The van der Waals surface area contributed by atoms with Gasteiger partial charge in [0.2, 0.25) is 0 Å². The molecule has 4 heterocycles. The molecule has 0 unspecified atom stereocenters. The first-order valence-corrected chi connectivity index (χ1v) is 10.00. The predicted molar refractivity (Wildman–Crippen MR) is 113 cm³/mol. The van der Waals surface area contributed by atoms with Crippen LogP contribution in [0, 0.1) is 13.8 Å². The number of rotatable bonds is 3. The summed E-state index contributed by atoms with van der Waals surface area (Å²) in [5, 5.41) is 0. The molecule has 1 aromatic carbocycles. The first kappa shape index (κ1) is 18.4. The molecule has 0 bridgehead atoms. The first-order valence-electron chi connectivity index (χ1n) is 10.00. The molecule has 0 fully saturated rings. The second kappa shape index (κ2) is 7.02. The van der Waals surface area contributed by atoms with E-state index in [0.717, 1.165) is 46.0 Å². The van der Waals surface area contributed by atoms with Crippen LogP contribution in [0.2, 0.25) is 0 Å². The van der Waals surface area contributed by atoms with Crippen LogP contribution in [0.15, 0.2) is 48.9 Å². The van der Waals surface area contributed by atoms with E-state index in [1.807, 2.05) is 65.7 Å². The Bertz CT molecular complexity index is 1240. The number of aromatic nitrogens is 4. The highest BCUT2D eigenvalue weighted by Crippen LogP contribution is 2.35. The Morgan fingerprint density at radius 1 is 1.20 bits per heavy atom. The van der Waals surface area contributed by atoms with E-state index < -0.39 is 0 Å². The van der Waals surface area contributed by atoms with Gasteiger partial charge in [-0.25, -0.2) is 9.97 Å². The van der Waals surface area contributed by atoms with E-state index in [9.17, 15) is 4.79 Å². The number of pyridine rings is 1. The zero-order valence-electron chi connectivity index (χ0n) is 17.2. The topological polar surface area (TPSA) is 75.5 Å². The number of nitrogens with one attached hydrogen (secondary N) is 1. The van der Waals surface area contributed by atoms with Crippen molar-refractivity contribution in [1.82, 2.24) is 24.3 Å². The molecule has 4 aromatic rings. The fourth-order valence-electron chi connectivity index (χ4n) is 4.33. The maximum Gasteiger partial charge on any atom is 0.273 e. The number of aryl methyl sites for hydroxylation is 2. The van der Waals surface area contributed by atoms with Crippen LogP contribution in [0.4, 0.5) is 0 Å². The zero-order valence-corrected chi connectivity index (χ0v) is 17.2. The fourth-order valence-corrected chi connectivity index (χ4v) is 4.33. The number of benzene rings is 1. The van der Waals surface area contributed by atoms with E-state index in [0.29, 0.717) is 12.2 Å². The first-order chi connectivity index (χ1) is 14.6. The Kier molecular flexibility index (Phi) is 4.31. The lowest BCUT2D eigenvalue weighted by atomic mass is 9.95. The molecule has 1 aliphatic rings. The van der Waals surface area contributed by atoms with E-state index >= 15 is 0 Å². The van der Waals surface area contributed by atoms with Gasteiger partial charge in [-0.1, -0.05) is 18.2 Å². The Morgan fingerprint density at radius 3 is 2.77 bits per heavy atom. The molecule has 5 rings (SSSR count). The van der Waals surface area contributed by atoms with Gasteiger partial charge in [0.15, 0.2) is 0 Å². The molecule has 7 nitrogen and oxygen atoms in total. The normalized spacial score (nSPS) is 16.0. The molecule has 0 spiro atoms. The van der Waals surface area contributed by atoms with Crippen molar-refractivity contribution in [3.63, 3.8) is 0 Å². The molecule has 0 saturated carbocycles. The molecule has 152 valence electrons. The largest absolute Gasteiger partial charge is 0.497 e. The van der Waals surface area contributed by atoms with E-state index in [-0.39, 0.29) is 11.9 Å². The second-order valence-electron chi connectivity index (χ2n) is 7.62. The van der Waals surface area contributed by atoms with Crippen molar-refractivity contribution in [2.24, 2.45) is 0 Å². The number of hydrogen-bond acceptors (Lipinski definition) is 4.